The van der Waals surface area contributed by atoms with Gasteiger partial charge in [-0.15, -0.1) is 11.1 Å². The molecule has 134 valence electrons. The fourth-order valence-electron chi connectivity index (χ4n) is 3.18. The van der Waals surface area contributed by atoms with Crippen LogP contribution >= 0.6 is 0 Å². The summed E-state index contributed by atoms with van der Waals surface area (Å²) in [5.74, 6) is 0.502. The molecule has 1 aliphatic rings. The molecule has 1 atom stereocenters. The van der Waals surface area contributed by atoms with Crippen molar-refractivity contribution >= 4 is 0 Å². The van der Waals surface area contributed by atoms with Crippen molar-refractivity contribution in [3.8, 4) is 11.1 Å². The Bertz CT molecular complexity index is 711. The minimum absolute atomic E-state index is 0. The van der Waals surface area contributed by atoms with Crippen LogP contribution in [-0.2, 0) is 32.6 Å². The van der Waals surface area contributed by atoms with Gasteiger partial charge >= 0.3 is 26.2 Å². The molecular formula is C22H22Cl2OZr. The predicted octanol–water partition coefficient (Wildman–Crippen LogP) is -1.05. The Kier molecular flexibility index (Phi) is 12.2. The normalized spacial score (nSPS) is 12.9. The van der Waals surface area contributed by atoms with Gasteiger partial charge in [0.25, 0.3) is 0 Å². The van der Waals surface area contributed by atoms with E-state index in [0.717, 1.165) is 12.8 Å². The summed E-state index contributed by atoms with van der Waals surface area (Å²) < 4.78 is 0. The Morgan fingerprint density at radius 1 is 0.962 bits per heavy atom. The van der Waals surface area contributed by atoms with Crippen molar-refractivity contribution in [1.82, 2.24) is 0 Å². The van der Waals surface area contributed by atoms with Gasteiger partial charge in [0, 0.05) is 6.61 Å². The number of hydrogen-bond acceptors (Lipinski definition) is 1. The van der Waals surface area contributed by atoms with Crippen LogP contribution < -0.4 is 24.8 Å². The van der Waals surface area contributed by atoms with Gasteiger partial charge in [-0.1, -0.05) is 43.2 Å². The zero-order chi connectivity index (χ0) is 16.1. The fourth-order valence-corrected chi connectivity index (χ4v) is 3.18. The van der Waals surface area contributed by atoms with Crippen LogP contribution in [0.25, 0.3) is 11.1 Å². The number of aliphatic hydroxyl groups excluding tert-OH is 1. The van der Waals surface area contributed by atoms with Gasteiger partial charge in [0.15, 0.2) is 0 Å². The first-order valence-electron chi connectivity index (χ1n) is 8.22. The van der Waals surface area contributed by atoms with E-state index in [4.69, 9.17) is 5.11 Å². The molecule has 3 aromatic rings. The maximum absolute atomic E-state index is 8.47. The first kappa shape index (κ1) is 25.2. The Morgan fingerprint density at radius 3 is 2.31 bits per heavy atom. The first-order chi connectivity index (χ1) is 11.3. The third-order valence-corrected chi connectivity index (χ3v) is 4.39. The molecule has 4 heteroatoms. The molecule has 0 saturated heterocycles. The van der Waals surface area contributed by atoms with Crippen molar-refractivity contribution < 1.29 is 56.1 Å². The summed E-state index contributed by atoms with van der Waals surface area (Å²) >= 11 is 0. The summed E-state index contributed by atoms with van der Waals surface area (Å²) in [5, 5.41) is 8.47. The summed E-state index contributed by atoms with van der Waals surface area (Å²) in [6.45, 7) is 2.55. The molecule has 0 fully saturated rings. The molecule has 1 unspecified atom stereocenters. The van der Waals surface area contributed by atoms with E-state index >= 15 is 0 Å². The molecule has 0 aliphatic heterocycles. The number of halogens is 2. The SMILES string of the molecule is CC1c2[c-]cccc2-c2ccccc21.OCCC[c-]1cccc1.[Cl-].[Cl-].[Zr+4]. The van der Waals surface area contributed by atoms with Crippen LogP contribution in [0.3, 0.4) is 0 Å². The third-order valence-electron chi connectivity index (χ3n) is 4.39. The molecule has 0 spiro atoms. The van der Waals surface area contributed by atoms with E-state index in [0.29, 0.717) is 12.5 Å². The van der Waals surface area contributed by atoms with E-state index < -0.39 is 0 Å². The van der Waals surface area contributed by atoms with E-state index in [2.05, 4.69) is 61.5 Å². The molecule has 0 bridgehead atoms. The standard InChI is InChI=1S/C14H11.C8H11O.2ClH.Zr/c1-10-11-6-2-4-8-13(11)14-9-5-3-7-12(10)14;9-7-3-6-8-4-1-2-5-8;;;/h2-6,8-10H,1H3;1-2,4-5,9H,3,6-7H2;2*1H;/q2*-1;;;+4/p-2. The molecule has 26 heavy (non-hydrogen) atoms. The van der Waals surface area contributed by atoms with Gasteiger partial charge in [-0.2, -0.15) is 42.0 Å². The van der Waals surface area contributed by atoms with Crippen LogP contribution in [0, 0.1) is 6.07 Å². The van der Waals surface area contributed by atoms with Crippen LogP contribution in [0.2, 0.25) is 0 Å². The van der Waals surface area contributed by atoms with Gasteiger partial charge in [-0.25, -0.2) is 12.1 Å². The zero-order valence-electron chi connectivity index (χ0n) is 14.8. The quantitative estimate of drug-likeness (QED) is 0.491. The van der Waals surface area contributed by atoms with Crippen LogP contribution in [-0.4, -0.2) is 11.7 Å². The van der Waals surface area contributed by atoms with Crippen LogP contribution in [0.5, 0.6) is 0 Å². The molecule has 0 aromatic heterocycles. The number of aliphatic hydroxyl groups is 1. The van der Waals surface area contributed by atoms with Crippen molar-refractivity contribution in [3.05, 3.63) is 89.5 Å². The van der Waals surface area contributed by atoms with Crippen molar-refractivity contribution in [1.29, 1.82) is 0 Å². The maximum atomic E-state index is 8.47. The average molecular weight is 465 g/mol. The minimum Gasteiger partial charge on any atom is -1.00 e. The van der Waals surface area contributed by atoms with Crippen LogP contribution in [0.15, 0.2) is 66.7 Å². The second-order valence-corrected chi connectivity index (χ2v) is 5.93. The summed E-state index contributed by atoms with van der Waals surface area (Å²) in [5.41, 5.74) is 6.84. The Morgan fingerprint density at radius 2 is 1.62 bits per heavy atom. The van der Waals surface area contributed by atoms with Gasteiger partial charge in [0.2, 0.25) is 0 Å². The Balaban J connectivity index is 0.000000466. The first-order valence-corrected chi connectivity index (χ1v) is 8.22. The van der Waals surface area contributed by atoms with Crippen molar-refractivity contribution in [2.75, 3.05) is 6.61 Å². The smallest absolute Gasteiger partial charge is 1.00 e. The van der Waals surface area contributed by atoms with Crippen LogP contribution in [0.4, 0.5) is 0 Å². The van der Waals surface area contributed by atoms with Crippen LogP contribution in [0.1, 0.15) is 36.0 Å². The van der Waals surface area contributed by atoms with Crippen molar-refractivity contribution in [2.24, 2.45) is 0 Å². The van der Waals surface area contributed by atoms with E-state index in [1.54, 1.807) is 0 Å². The minimum atomic E-state index is 0. The zero-order valence-corrected chi connectivity index (χ0v) is 18.7. The van der Waals surface area contributed by atoms with E-state index in [-0.39, 0.29) is 51.0 Å². The topological polar surface area (TPSA) is 20.2 Å². The van der Waals surface area contributed by atoms with E-state index in [1.807, 2.05) is 18.2 Å². The monoisotopic (exact) mass is 462 g/mol. The fraction of sp³-hybridized carbons (Fsp3) is 0.227. The molecule has 0 amide bonds. The molecule has 1 nitrogen and oxygen atoms in total. The van der Waals surface area contributed by atoms with Gasteiger partial charge in [0.05, 0.1) is 0 Å². The number of hydrogen-bond donors (Lipinski definition) is 1. The predicted molar refractivity (Wildman–Crippen MR) is 95.7 cm³/mol. The summed E-state index contributed by atoms with van der Waals surface area (Å²) in [6, 6.07) is 26.4. The van der Waals surface area contributed by atoms with E-state index in [9.17, 15) is 0 Å². The van der Waals surface area contributed by atoms with Gasteiger partial charge in [0.1, 0.15) is 0 Å². The summed E-state index contributed by atoms with van der Waals surface area (Å²) in [6.07, 6.45) is 1.88. The number of benzene rings is 2. The maximum Gasteiger partial charge on any atom is 4.00 e. The average Bonchev–Trinajstić information content (AvgIpc) is 3.22. The van der Waals surface area contributed by atoms with Gasteiger partial charge in [-0.3, -0.25) is 0 Å². The number of fused-ring (bicyclic) bond motifs is 3. The number of rotatable bonds is 3. The third kappa shape index (κ3) is 5.86. The Labute approximate surface area is 188 Å². The largest absolute Gasteiger partial charge is 4.00 e. The summed E-state index contributed by atoms with van der Waals surface area (Å²) in [7, 11) is 0. The number of aryl methyl sites for hydroxylation is 1. The molecule has 4 rings (SSSR count). The molecular weight excluding hydrogens is 442 g/mol. The molecule has 1 aliphatic carbocycles. The Hall–Kier alpha value is -0.787. The van der Waals surface area contributed by atoms with Gasteiger partial charge in [-0.05, 0) is 17.9 Å². The molecule has 0 saturated carbocycles. The van der Waals surface area contributed by atoms with Crippen molar-refractivity contribution in [2.45, 2.75) is 25.7 Å². The summed E-state index contributed by atoms with van der Waals surface area (Å²) in [4.78, 5) is 0. The molecule has 0 radical (unpaired) electrons. The van der Waals surface area contributed by atoms with E-state index in [1.165, 1.54) is 27.8 Å². The van der Waals surface area contributed by atoms with Crippen molar-refractivity contribution in [3.63, 3.8) is 0 Å². The second-order valence-electron chi connectivity index (χ2n) is 5.93. The van der Waals surface area contributed by atoms with Gasteiger partial charge < -0.3 is 29.9 Å². The molecule has 1 N–H and O–H groups in total. The second kappa shape index (κ2) is 12.6. The molecule has 3 aromatic carbocycles. The molecule has 0 heterocycles.